The van der Waals surface area contributed by atoms with Crippen LogP contribution in [0.1, 0.15) is 18.5 Å². The highest BCUT2D eigenvalue weighted by Gasteiger charge is 2.17. The van der Waals surface area contributed by atoms with Gasteiger partial charge in [0.2, 0.25) is 5.95 Å². The van der Waals surface area contributed by atoms with Crippen LogP contribution in [0.3, 0.4) is 0 Å². The summed E-state index contributed by atoms with van der Waals surface area (Å²) in [7, 11) is 2.20. The first-order chi connectivity index (χ1) is 11.8. The van der Waals surface area contributed by atoms with Gasteiger partial charge in [0.1, 0.15) is 0 Å². The van der Waals surface area contributed by atoms with Crippen molar-refractivity contribution in [2.45, 2.75) is 19.3 Å². The normalized spacial score (nSPS) is 16.5. The molecular weight excluding hydrogens is 298 g/mol. The number of benzene rings is 1. The second kappa shape index (κ2) is 6.61. The molecule has 0 spiro atoms. The van der Waals surface area contributed by atoms with E-state index >= 15 is 0 Å². The SMILES string of the molecule is CN1CCC(Cc2cc(Nc3ncc4ccccc4n3)c[nH]2)CC1. The first kappa shape index (κ1) is 15.1. The molecule has 2 N–H and O–H groups in total. The number of hydrogen-bond acceptors (Lipinski definition) is 4. The van der Waals surface area contributed by atoms with Crippen LogP contribution in [-0.4, -0.2) is 40.0 Å². The zero-order valence-electron chi connectivity index (χ0n) is 14.0. The number of H-pyrrole nitrogens is 1. The lowest BCUT2D eigenvalue weighted by Gasteiger charge is -2.28. The Morgan fingerprint density at radius 3 is 2.96 bits per heavy atom. The summed E-state index contributed by atoms with van der Waals surface area (Å²) in [6.45, 7) is 2.42. The summed E-state index contributed by atoms with van der Waals surface area (Å²) >= 11 is 0. The molecule has 0 saturated carbocycles. The fourth-order valence-electron chi connectivity index (χ4n) is 3.37. The average molecular weight is 321 g/mol. The van der Waals surface area contributed by atoms with Crippen LogP contribution >= 0.6 is 0 Å². The van der Waals surface area contributed by atoms with Crippen molar-refractivity contribution < 1.29 is 0 Å². The number of aromatic amines is 1. The highest BCUT2D eigenvalue weighted by molar-refractivity contribution is 5.78. The summed E-state index contributed by atoms with van der Waals surface area (Å²) in [5.74, 6) is 1.42. The van der Waals surface area contributed by atoms with E-state index in [1.807, 2.05) is 36.7 Å². The van der Waals surface area contributed by atoms with Crippen LogP contribution in [0.25, 0.3) is 10.9 Å². The molecule has 1 aliphatic rings. The third-order valence-electron chi connectivity index (χ3n) is 4.83. The Morgan fingerprint density at radius 1 is 1.25 bits per heavy atom. The molecule has 1 saturated heterocycles. The number of hydrogen-bond donors (Lipinski definition) is 2. The summed E-state index contributed by atoms with van der Waals surface area (Å²) in [4.78, 5) is 14.8. The number of nitrogens with zero attached hydrogens (tertiary/aromatic N) is 3. The van der Waals surface area contributed by atoms with Gasteiger partial charge in [0.05, 0.1) is 11.2 Å². The molecule has 1 aromatic carbocycles. The molecule has 0 bridgehead atoms. The molecular formula is C19H23N5. The Labute approximate surface area is 142 Å². The molecule has 0 atom stereocenters. The molecule has 3 aromatic rings. The summed E-state index contributed by atoms with van der Waals surface area (Å²) in [6.07, 6.45) is 7.55. The van der Waals surface area contributed by atoms with E-state index in [1.165, 1.54) is 31.6 Å². The number of rotatable bonds is 4. The molecule has 0 aliphatic carbocycles. The quantitative estimate of drug-likeness (QED) is 0.771. The second-order valence-corrected chi connectivity index (χ2v) is 6.74. The van der Waals surface area contributed by atoms with Gasteiger partial charge < -0.3 is 15.2 Å². The molecule has 124 valence electrons. The third kappa shape index (κ3) is 3.41. The maximum Gasteiger partial charge on any atom is 0.227 e. The molecule has 0 radical (unpaired) electrons. The monoisotopic (exact) mass is 321 g/mol. The lowest BCUT2D eigenvalue weighted by atomic mass is 9.92. The van der Waals surface area contributed by atoms with Crippen LogP contribution in [0, 0.1) is 5.92 Å². The molecule has 0 unspecified atom stereocenters. The van der Waals surface area contributed by atoms with Gasteiger partial charge >= 0.3 is 0 Å². The molecule has 3 heterocycles. The van der Waals surface area contributed by atoms with Crippen LogP contribution in [0.4, 0.5) is 11.6 Å². The Morgan fingerprint density at radius 2 is 2.08 bits per heavy atom. The van der Waals surface area contributed by atoms with Crippen molar-refractivity contribution in [1.29, 1.82) is 0 Å². The molecule has 1 fully saturated rings. The van der Waals surface area contributed by atoms with Crippen molar-refractivity contribution in [2.75, 3.05) is 25.5 Å². The molecule has 5 heteroatoms. The van der Waals surface area contributed by atoms with Crippen LogP contribution in [0.2, 0.25) is 0 Å². The van der Waals surface area contributed by atoms with E-state index < -0.39 is 0 Å². The Bertz CT molecular complexity index is 817. The van der Waals surface area contributed by atoms with Gasteiger partial charge in [-0.3, -0.25) is 0 Å². The van der Waals surface area contributed by atoms with E-state index in [4.69, 9.17) is 0 Å². The van der Waals surface area contributed by atoms with E-state index in [2.05, 4.69) is 38.3 Å². The van der Waals surface area contributed by atoms with Gasteiger partial charge in [-0.2, -0.15) is 0 Å². The van der Waals surface area contributed by atoms with E-state index in [-0.39, 0.29) is 0 Å². The fraction of sp³-hybridized carbons (Fsp3) is 0.368. The minimum absolute atomic E-state index is 0.638. The first-order valence-corrected chi connectivity index (χ1v) is 8.61. The molecule has 4 rings (SSSR count). The number of piperidine rings is 1. The number of nitrogens with one attached hydrogen (secondary N) is 2. The average Bonchev–Trinajstić information content (AvgIpc) is 3.04. The highest BCUT2D eigenvalue weighted by atomic mass is 15.1. The summed E-state index contributed by atoms with van der Waals surface area (Å²) in [6, 6.07) is 10.2. The largest absolute Gasteiger partial charge is 0.363 e. The van der Waals surface area contributed by atoms with Gasteiger partial charge in [-0.1, -0.05) is 18.2 Å². The van der Waals surface area contributed by atoms with Crippen LogP contribution in [-0.2, 0) is 6.42 Å². The van der Waals surface area contributed by atoms with Crippen molar-refractivity contribution in [2.24, 2.45) is 5.92 Å². The standard InChI is InChI=1S/C19H23N5/c1-24-8-6-14(7-9-24)10-16-11-17(13-20-16)22-19-21-12-15-4-2-3-5-18(15)23-19/h2-5,11-14,20H,6-10H2,1H3,(H,21,22,23). The number of anilines is 2. The Hall–Kier alpha value is -2.40. The third-order valence-corrected chi connectivity index (χ3v) is 4.83. The Balaban J connectivity index is 1.42. The van der Waals surface area contributed by atoms with E-state index in [0.29, 0.717) is 5.95 Å². The van der Waals surface area contributed by atoms with E-state index in [9.17, 15) is 0 Å². The minimum atomic E-state index is 0.638. The van der Waals surface area contributed by atoms with Crippen LogP contribution in [0.5, 0.6) is 0 Å². The van der Waals surface area contributed by atoms with Crippen molar-refractivity contribution in [3.05, 3.63) is 48.4 Å². The van der Waals surface area contributed by atoms with Gasteiger partial charge in [0, 0.05) is 23.5 Å². The molecule has 0 amide bonds. The first-order valence-electron chi connectivity index (χ1n) is 8.61. The summed E-state index contributed by atoms with van der Waals surface area (Å²) < 4.78 is 0. The van der Waals surface area contributed by atoms with Gasteiger partial charge in [0.25, 0.3) is 0 Å². The second-order valence-electron chi connectivity index (χ2n) is 6.74. The van der Waals surface area contributed by atoms with Gasteiger partial charge in [-0.15, -0.1) is 0 Å². The van der Waals surface area contributed by atoms with Crippen molar-refractivity contribution in [1.82, 2.24) is 19.9 Å². The number of aromatic nitrogens is 3. The molecule has 2 aromatic heterocycles. The topological polar surface area (TPSA) is 56.8 Å². The van der Waals surface area contributed by atoms with Crippen molar-refractivity contribution in [3.63, 3.8) is 0 Å². The predicted molar refractivity (Wildman–Crippen MR) is 97.5 cm³/mol. The van der Waals surface area contributed by atoms with Crippen molar-refractivity contribution in [3.8, 4) is 0 Å². The summed E-state index contributed by atoms with van der Waals surface area (Å²) in [5, 5.41) is 4.35. The number of likely N-dealkylation sites (tertiary alicyclic amines) is 1. The fourth-order valence-corrected chi connectivity index (χ4v) is 3.37. The molecule has 1 aliphatic heterocycles. The zero-order valence-corrected chi connectivity index (χ0v) is 14.0. The highest BCUT2D eigenvalue weighted by Crippen LogP contribution is 2.23. The van der Waals surface area contributed by atoms with E-state index in [1.54, 1.807) is 0 Å². The predicted octanol–water partition coefficient (Wildman–Crippen LogP) is 3.59. The molecule has 24 heavy (non-hydrogen) atoms. The number of para-hydroxylation sites is 1. The van der Waals surface area contributed by atoms with Gasteiger partial charge in [0.15, 0.2) is 0 Å². The van der Waals surface area contributed by atoms with Gasteiger partial charge in [-0.25, -0.2) is 9.97 Å². The maximum atomic E-state index is 4.56. The summed E-state index contributed by atoms with van der Waals surface area (Å²) in [5.41, 5.74) is 3.26. The smallest absolute Gasteiger partial charge is 0.227 e. The lowest BCUT2D eigenvalue weighted by molar-refractivity contribution is 0.218. The lowest BCUT2D eigenvalue weighted by Crippen LogP contribution is -2.30. The van der Waals surface area contributed by atoms with Gasteiger partial charge in [-0.05, 0) is 57.5 Å². The van der Waals surface area contributed by atoms with E-state index in [0.717, 1.165) is 28.9 Å². The molecule has 5 nitrogen and oxygen atoms in total. The van der Waals surface area contributed by atoms with Crippen molar-refractivity contribution >= 4 is 22.5 Å². The zero-order chi connectivity index (χ0) is 16.4. The number of fused-ring (bicyclic) bond motifs is 1. The van der Waals surface area contributed by atoms with Crippen LogP contribution in [0.15, 0.2) is 42.7 Å². The van der Waals surface area contributed by atoms with Crippen LogP contribution < -0.4 is 5.32 Å². The minimum Gasteiger partial charge on any atom is -0.363 e. The maximum absolute atomic E-state index is 4.56. The Kier molecular flexibility index (Phi) is 4.17.